The standard InChI is InChI=1S/C17H21N3O/c1-12-7-13(2)11-20(10-12)17(21)16-6-4-3-5-15(16)14-8-18-19-9-14/h3-6,8-9,12-13H,7,10-11H2,1-2H3,(H,18,19). The Bertz CT molecular complexity index is 611. The predicted molar refractivity (Wildman–Crippen MR) is 82.9 cm³/mol. The lowest BCUT2D eigenvalue weighted by atomic mass is 9.91. The third kappa shape index (κ3) is 2.84. The second kappa shape index (κ2) is 5.72. The van der Waals surface area contributed by atoms with Gasteiger partial charge in [0.05, 0.1) is 6.20 Å². The molecule has 110 valence electrons. The Hall–Kier alpha value is -2.10. The average Bonchev–Trinajstić information content (AvgIpc) is 2.99. The number of piperidine rings is 1. The summed E-state index contributed by atoms with van der Waals surface area (Å²) in [4.78, 5) is 14.9. The molecule has 1 aliphatic heterocycles. The fraction of sp³-hybridized carbons (Fsp3) is 0.412. The first-order chi connectivity index (χ1) is 10.1. The lowest BCUT2D eigenvalue weighted by Gasteiger charge is -2.35. The number of nitrogens with zero attached hydrogens (tertiary/aromatic N) is 2. The van der Waals surface area contributed by atoms with Crippen LogP contribution in [0.2, 0.25) is 0 Å². The highest BCUT2D eigenvalue weighted by molar-refractivity contribution is 6.00. The van der Waals surface area contributed by atoms with Crippen molar-refractivity contribution in [3.63, 3.8) is 0 Å². The van der Waals surface area contributed by atoms with Crippen molar-refractivity contribution in [1.82, 2.24) is 15.1 Å². The number of amides is 1. The quantitative estimate of drug-likeness (QED) is 0.920. The Kier molecular flexibility index (Phi) is 3.78. The van der Waals surface area contributed by atoms with Crippen molar-refractivity contribution >= 4 is 5.91 Å². The van der Waals surface area contributed by atoms with Crippen LogP contribution in [0.3, 0.4) is 0 Å². The van der Waals surface area contributed by atoms with Gasteiger partial charge < -0.3 is 4.90 Å². The molecule has 2 atom stereocenters. The number of H-pyrrole nitrogens is 1. The first kappa shape index (κ1) is 13.9. The molecule has 0 bridgehead atoms. The van der Waals surface area contributed by atoms with Crippen LogP contribution in [0.25, 0.3) is 11.1 Å². The van der Waals surface area contributed by atoms with Crippen LogP contribution in [0, 0.1) is 11.8 Å². The summed E-state index contributed by atoms with van der Waals surface area (Å²) in [5.74, 6) is 1.27. The van der Waals surface area contributed by atoms with Gasteiger partial charge in [0.25, 0.3) is 5.91 Å². The molecule has 1 saturated heterocycles. The molecule has 2 heterocycles. The van der Waals surface area contributed by atoms with E-state index in [1.54, 1.807) is 6.20 Å². The Morgan fingerprint density at radius 3 is 2.62 bits per heavy atom. The second-order valence-corrected chi connectivity index (χ2v) is 6.19. The summed E-state index contributed by atoms with van der Waals surface area (Å²) in [5.41, 5.74) is 2.67. The van der Waals surface area contributed by atoms with Gasteiger partial charge in [-0.2, -0.15) is 5.10 Å². The summed E-state index contributed by atoms with van der Waals surface area (Å²) in [6, 6.07) is 7.78. The van der Waals surface area contributed by atoms with E-state index in [0.717, 1.165) is 29.8 Å². The number of carbonyl (C=O) groups is 1. The molecule has 1 aliphatic rings. The zero-order chi connectivity index (χ0) is 14.8. The Labute approximate surface area is 125 Å². The SMILES string of the molecule is CC1CC(C)CN(C(=O)c2ccccc2-c2cn[nH]c2)C1. The number of carbonyl (C=O) groups excluding carboxylic acids is 1. The Morgan fingerprint density at radius 2 is 1.95 bits per heavy atom. The average molecular weight is 283 g/mol. The van der Waals surface area contributed by atoms with Crippen molar-refractivity contribution in [2.24, 2.45) is 11.8 Å². The van der Waals surface area contributed by atoms with Gasteiger partial charge >= 0.3 is 0 Å². The summed E-state index contributed by atoms with van der Waals surface area (Å²) in [6.45, 7) is 6.14. The lowest BCUT2D eigenvalue weighted by molar-refractivity contribution is 0.0624. The van der Waals surface area contributed by atoms with Crippen molar-refractivity contribution in [3.8, 4) is 11.1 Å². The van der Waals surface area contributed by atoms with Gasteiger partial charge in [-0.3, -0.25) is 9.89 Å². The first-order valence-corrected chi connectivity index (χ1v) is 7.52. The molecule has 1 amide bonds. The van der Waals surface area contributed by atoms with E-state index in [-0.39, 0.29) is 5.91 Å². The van der Waals surface area contributed by atoms with Crippen molar-refractivity contribution in [3.05, 3.63) is 42.2 Å². The van der Waals surface area contributed by atoms with Gasteiger partial charge in [0.1, 0.15) is 0 Å². The van der Waals surface area contributed by atoms with E-state index in [2.05, 4.69) is 24.0 Å². The van der Waals surface area contributed by atoms with E-state index in [1.807, 2.05) is 35.4 Å². The minimum Gasteiger partial charge on any atom is -0.338 e. The molecular formula is C17H21N3O. The van der Waals surface area contributed by atoms with Crippen molar-refractivity contribution in [1.29, 1.82) is 0 Å². The zero-order valence-electron chi connectivity index (χ0n) is 12.5. The normalized spacial score (nSPS) is 22.3. The summed E-state index contributed by atoms with van der Waals surface area (Å²) in [6.07, 6.45) is 4.79. The number of aromatic nitrogens is 2. The molecule has 1 N–H and O–H groups in total. The van der Waals surface area contributed by atoms with E-state index in [9.17, 15) is 4.79 Å². The van der Waals surface area contributed by atoms with Gasteiger partial charge in [-0.15, -0.1) is 0 Å². The number of rotatable bonds is 2. The summed E-state index contributed by atoms with van der Waals surface area (Å²) < 4.78 is 0. The van der Waals surface area contributed by atoms with Crippen LogP contribution in [0.1, 0.15) is 30.6 Å². The summed E-state index contributed by atoms with van der Waals surface area (Å²) in [7, 11) is 0. The minimum atomic E-state index is 0.130. The molecular weight excluding hydrogens is 262 g/mol. The highest BCUT2D eigenvalue weighted by atomic mass is 16.2. The molecule has 4 heteroatoms. The van der Waals surface area contributed by atoms with E-state index in [4.69, 9.17) is 0 Å². The number of hydrogen-bond acceptors (Lipinski definition) is 2. The molecule has 0 radical (unpaired) electrons. The second-order valence-electron chi connectivity index (χ2n) is 6.19. The Morgan fingerprint density at radius 1 is 1.24 bits per heavy atom. The Balaban J connectivity index is 1.92. The molecule has 3 rings (SSSR count). The third-order valence-electron chi connectivity index (χ3n) is 4.12. The smallest absolute Gasteiger partial charge is 0.254 e. The fourth-order valence-electron chi connectivity index (χ4n) is 3.32. The molecule has 1 fully saturated rings. The van der Waals surface area contributed by atoms with E-state index < -0.39 is 0 Å². The van der Waals surface area contributed by atoms with Crippen molar-refractivity contribution in [2.45, 2.75) is 20.3 Å². The number of nitrogens with one attached hydrogen (secondary N) is 1. The van der Waals surface area contributed by atoms with Gasteiger partial charge in [0.2, 0.25) is 0 Å². The molecule has 2 unspecified atom stereocenters. The van der Waals surface area contributed by atoms with Crippen LogP contribution in [-0.4, -0.2) is 34.1 Å². The molecule has 1 aromatic heterocycles. The van der Waals surface area contributed by atoms with Gasteiger partial charge in [0, 0.05) is 30.4 Å². The number of hydrogen-bond donors (Lipinski definition) is 1. The maximum Gasteiger partial charge on any atom is 0.254 e. The molecule has 1 aromatic carbocycles. The highest BCUT2D eigenvalue weighted by Gasteiger charge is 2.27. The molecule has 0 aliphatic carbocycles. The molecule has 0 saturated carbocycles. The number of aromatic amines is 1. The van der Waals surface area contributed by atoms with Crippen LogP contribution < -0.4 is 0 Å². The third-order valence-corrected chi connectivity index (χ3v) is 4.12. The monoisotopic (exact) mass is 283 g/mol. The van der Waals surface area contributed by atoms with Crippen LogP contribution >= 0.6 is 0 Å². The number of likely N-dealkylation sites (tertiary alicyclic amines) is 1. The predicted octanol–water partition coefficient (Wildman–Crippen LogP) is 3.19. The number of benzene rings is 1. The minimum absolute atomic E-state index is 0.130. The summed E-state index contributed by atoms with van der Waals surface area (Å²) >= 11 is 0. The maximum absolute atomic E-state index is 12.9. The lowest BCUT2D eigenvalue weighted by Crippen LogP contribution is -2.42. The van der Waals surface area contributed by atoms with Gasteiger partial charge in [-0.05, 0) is 29.9 Å². The highest BCUT2D eigenvalue weighted by Crippen LogP contribution is 2.27. The molecule has 4 nitrogen and oxygen atoms in total. The van der Waals surface area contributed by atoms with Crippen LogP contribution in [0.4, 0.5) is 0 Å². The van der Waals surface area contributed by atoms with Gasteiger partial charge in [0.15, 0.2) is 0 Å². The van der Waals surface area contributed by atoms with E-state index >= 15 is 0 Å². The van der Waals surface area contributed by atoms with Crippen LogP contribution in [0.5, 0.6) is 0 Å². The summed E-state index contributed by atoms with van der Waals surface area (Å²) in [5, 5.41) is 6.80. The first-order valence-electron chi connectivity index (χ1n) is 7.52. The van der Waals surface area contributed by atoms with Crippen LogP contribution in [0.15, 0.2) is 36.7 Å². The van der Waals surface area contributed by atoms with E-state index in [1.165, 1.54) is 6.42 Å². The van der Waals surface area contributed by atoms with Crippen LogP contribution in [-0.2, 0) is 0 Å². The zero-order valence-corrected chi connectivity index (χ0v) is 12.5. The fourth-order valence-corrected chi connectivity index (χ4v) is 3.32. The van der Waals surface area contributed by atoms with Crippen molar-refractivity contribution < 1.29 is 4.79 Å². The molecule has 21 heavy (non-hydrogen) atoms. The topological polar surface area (TPSA) is 49.0 Å². The largest absolute Gasteiger partial charge is 0.338 e. The van der Waals surface area contributed by atoms with Gasteiger partial charge in [-0.25, -0.2) is 0 Å². The van der Waals surface area contributed by atoms with Gasteiger partial charge in [-0.1, -0.05) is 32.0 Å². The maximum atomic E-state index is 12.9. The van der Waals surface area contributed by atoms with Crippen molar-refractivity contribution in [2.75, 3.05) is 13.1 Å². The molecule has 0 spiro atoms. The molecule has 2 aromatic rings. The van der Waals surface area contributed by atoms with E-state index in [0.29, 0.717) is 11.8 Å².